The number of fused-ring (bicyclic) bond motifs is 5. The van der Waals surface area contributed by atoms with Gasteiger partial charge in [0.1, 0.15) is 28.9 Å². The molecule has 0 amide bonds. The molecule has 5 N–H and O–H groups in total. The van der Waals surface area contributed by atoms with Gasteiger partial charge in [-0.25, -0.2) is 0 Å². The number of phenolic OH excluding ortho intramolecular Hbond substituents is 1. The third-order valence-electron chi connectivity index (χ3n) is 6.34. The first-order chi connectivity index (χ1) is 16.1. The molecule has 6 rings (SSSR count). The second-order valence-corrected chi connectivity index (χ2v) is 8.07. The van der Waals surface area contributed by atoms with Crippen LogP contribution in [0.4, 0.5) is 11.5 Å². The standard InChI is InChI=1S/C27H18N4O2/c28-13-19-24(29)23-22(18-11-9-15-6-2-4-8-17(15)25(18)32)21-16-7-3-1-5-14(16)10-12-20(21)33-27(23)31-26(19)30/h1-12,22,32H,(H4,29,30,31). The molecule has 0 saturated carbocycles. The number of nitrogens with two attached hydrogens (primary N) is 2. The predicted molar refractivity (Wildman–Crippen MR) is 128 cm³/mol. The van der Waals surface area contributed by atoms with Crippen molar-refractivity contribution in [2.24, 2.45) is 0 Å². The van der Waals surface area contributed by atoms with Crippen molar-refractivity contribution in [1.82, 2.24) is 4.98 Å². The Kier molecular flexibility index (Phi) is 3.95. The SMILES string of the molecule is N#Cc1c(N)nc2c(c1N)C(c1ccc3ccccc3c1O)c1c(ccc3ccccc13)O2. The van der Waals surface area contributed by atoms with Crippen molar-refractivity contribution >= 4 is 33.1 Å². The largest absolute Gasteiger partial charge is 0.507 e. The summed E-state index contributed by atoms with van der Waals surface area (Å²) in [5.41, 5.74) is 14.9. The minimum Gasteiger partial charge on any atom is -0.507 e. The first-order valence-electron chi connectivity index (χ1n) is 10.5. The van der Waals surface area contributed by atoms with Crippen molar-refractivity contribution < 1.29 is 9.84 Å². The number of ether oxygens (including phenoxy) is 1. The number of aromatic nitrogens is 1. The predicted octanol–water partition coefficient (Wildman–Crippen LogP) is 5.42. The van der Waals surface area contributed by atoms with Crippen molar-refractivity contribution in [1.29, 1.82) is 5.26 Å². The third-order valence-corrected chi connectivity index (χ3v) is 6.34. The highest BCUT2D eigenvalue weighted by Crippen LogP contribution is 2.54. The van der Waals surface area contributed by atoms with Crippen LogP contribution in [0.15, 0.2) is 72.8 Å². The summed E-state index contributed by atoms with van der Waals surface area (Å²) in [7, 11) is 0. The molecule has 0 spiro atoms. The van der Waals surface area contributed by atoms with E-state index in [0.717, 1.165) is 27.1 Å². The summed E-state index contributed by atoms with van der Waals surface area (Å²) in [6.45, 7) is 0. The van der Waals surface area contributed by atoms with Gasteiger partial charge in [-0.1, -0.05) is 66.7 Å². The van der Waals surface area contributed by atoms with Crippen molar-refractivity contribution in [2.75, 3.05) is 11.5 Å². The van der Waals surface area contributed by atoms with E-state index in [1.165, 1.54) is 0 Å². The number of nitriles is 1. The smallest absolute Gasteiger partial charge is 0.227 e. The molecule has 1 atom stereocenters. The molecule has 158 valence electrons. The fraction of sp³-hybridized carbons (Fsp3) is 0.0370. The molecule has 5 aromatic rings. The van der Waals surface area contributed by atoms with Gasteiger partial charge in [-0.15, -0.1) is 0 Å². The zero-order valence-corrected chi connectivity index (χ0v) is 17.4. The molecule has 33 heavy (non-hydrogen) atoms. The van der Waals surface area contributed by atoms with Gasteiger partial charge in [-0.05, 0) is 22.2 Å². The summed E-state index contributed by atoms with van der Waals surface area (Å²) in [6.07, 6.45) is 0. The molecular weight excluding hydrogens is 412 g/mol. The van der Waals surface area contributed by atoms with Crippen LogP contribution in [-0.4, -0.2) is 10.1 Å². The van der Waals surface area contributed by atoms with Crippen molar-refractivity contribution in [2.45, 2.75) is 5.92 Å². The summed E-state index contributed by atoms with van der Waals surface area (Å²) >= 11 is 0. The van der Waals surface area contributed by atoms with Gasteiger partial charge in [-0.2, -0.15) is 10.2 Å². The van der Waals surface area contributed by atoms with E-state index in [-0.39, 0.29) is 28.7 Å². The quantitative estimate of drug-likeness (QED) is 0.321. The maximum Gasteiger partial charge on any atom is 0.227 e. The number of pyridine rings is 1. The molecule has 1 unspecified atom stereocenters. The Morgan fingerprint density at radius 1 is 0.848 bits per heavy atom. The van der Waals surface area contributed by atoms with Gasteiger partial charge in [-0.3, -0.25) is 0 Å². The average molecular weight is 430 g/mol. The number of anilines is 2. The normalized spacial score (nSPS) is 14.3. The van der Waals surface area contributed by atoms with Crippen molar-refractivity contribution in [3.63, 3.8) is 0 Å². The monoisotopic (exact) mass is 430 g/mol. The molecule has 0 radical (unpaired) electrons. The highest BCUT2D eigenvalue weighted by atomic mass is 16.5. The third kappa shape index (κ3) is 2.63. The van der Waals surface area contributed by atoms with E-state index < -0.39 is 5.92 Å². The molecule has 0 fully saturated rings. The Labute approximate surface area is 189 Å². The Balaban J connectivity index is 1.76. The minimum absolute atomic E-state index is 0.0134. The number of hydrogen-bond donors (Lipinski definition) is 3. The van der Waals surface area contributed by atoms with E-state index in [1.54, 1.807) is 0 Å². The Bertz CT molecular complexity index is 1650. The van der Waals surface area contributed by atoms with Gasteiger partial charge in [0.25, 0.3) is 0 Å². The van der Waals surface area contributed by atoms with Crippen LogP contribution in [-0.2, 0) is 0 Å². The fourth-order valence-electron chi connectivity index (χ4n) is 4.81. The zero-order chi connectivity index (χ0) is 22.7. The summed E-state index contributed by atoms with van der Waals surface area (Å²) < 4.78 is 6.16. The van der Waals surface area contributed by atoms with Crippen LogP contribution < -0.4 is 16.2 Å². The number of nitrogens with zero attached hydrogens (tertiary/aromatic N) is 2. The van der Waals surface area contributed by atoms with E-state index in [1.807, 2.05) is 72.8 Å². The first-order valence-corrected chi connectivity index (χ1v) is 10.5. The zero-order valence-electron chi connectivity index (χ0n) is 17.4. The second kappa shape index (κ2) is 6.87. The Morgan fingerprint density at radius 3 is 2.27 bits per heavy atom. The van der Waals surface area contributed by atoms with Gasteiger partial charge in [0.15, 0.2) is 0 Å². The molecular formula is C27H18N4O2. The van der Waals surface area contributed by atoms with E-state index in [2.05, 4.69) is 11.1 Å². The van der Waals surface area contributed by atoms with E-state index >= 15 is 0 Å². The highest BCUT2D eigenvalue weighted by molar-refractivity contribution is 5.94. The van der Waals surface area contributed by atoms with Gasteiger partial charge in [0, 0.05) is 22.4 Å². The number of nitrogen functional groups attached to an aromatic ring is 2. The Hall–Kier alpha value is -4.76. The maximum atomic E-state index is 11.4. The molecule has 6 heteroatoms. The fourth-order valence-corrected chi connectivity index (χ4v) is 4.81. The van der Waals surface area contributed by atoms with E-state index in [4.69, 9.17) is 16.2 Å². The summed E-state index contributed by atoms with van der Waals surface area (Å²) in [6, 6.07) is 25.4. The van der Waals surface area contributed by atoms with Gasteiger partial charge in [0.05, 0.1) is 11.3 Å². The number of aromatic hydroxyl groups is 1. The van der Waals surface area contributed by atoms with Crippen LogP contribution in [0.5, 0.6) is 17.4 Å². The Morgan fingerprint density at radius 2 is 1.52 bits per heavy atom. The van der Waals surface area contributed by atoms with E-state index in [9.17, 15) is 10.4 Å². The molecule has 0 aliphatic carbocycles. The molecule has 1 aliphatic heterocycles. The lowest BCUT2D eigenvalue weighted by molar-refractivity contribution is 0.432. The lowest BCUT2D eigenvalue weighted by atomic mass is 9.79. The summed E-state index contributed by atoms with van der Waals surface area (Å²) in [4.78, 5) is 4.36. The van der Waals surface area contributed by atoms with Crippen molar-refractivity contribution in [3.8, 4) is 23.4 Å². The van der Waals surface area contributed by atoms with Gasteiger partial charge >= 0.3 is 0 Å². The van der Waals surface area contributed by atoms with Gasteiger partial charge < -0.3 is 21.3 Å². The van der Waals surface area contributed by atoms with Crippen LogP contribution in [0.1, 0.15) is 28.2 Å². The maximum absolute atomic E-state index is 11.4. The topological polar surface area (TPSA) is 118 Å². The minimum atomic E-state index is -0.514. The van der Waals surface area contributed by atoms with Crippen LogP contribution in [0.3, 0.4) is 0 Å². The average Bonchev–Trinajstić information content (AvgIpc) is 2.83. The van der Waals surface area contributed by atoms with Gasteiger partial charge in [0.2, 0.25) is 5.88 Å². The lowest BCUT2D eigenvalue weighted by Crippen LogP contribution is -2.18. The molecule has 6 nitrogen and oxygen atoms in total. The summed E-state index contributed by atoms with van der Waals surface area (Å²) in [5.74, 6) is 0.498. The number of hydrogen-bond acceptors (Lipinski definition) is 6. The molecule has 1 aromatic heterocycles. The number of phenols is 1. The molecule has 2 heterocycles. The molecule has 0 saturated heterocycles. The van der Waals surface area contributed by atoms with Crippen LogP contribution >= 0.6 is 0 Å². The second-order valence-electron chi connectivity index (χ2n) is 8.07. The van der Waals surface area contributed by atoms with E-state index in [0.29, 0.717) is 16.9 Å². The molecule has 4 aromatic carbocycles. The summed E-state index contributed by atoms with van der Waals surface area (Å²) in [5, 5.41) is 24.7. The number of benzene rings is 4. The van der Waals surface area contributed by atoms with Crippen LogP contribution in [0.25, 0.3) is 21.5 Å². The van der Waals surface area contributed by atoms with Crippen LogP contribution in [0.2, 0.25) is 0 Å². The first kappa shape index (κ1) is 19.0. The molecule has 1 aliphatic rings. The number of rotatable bonds is 1. The van der Waals surface area contributed by atoms with Crippen molar-refractivity contribution in [3.05, 3.63) is 95.1 Å². The lowest BCUT2D eigenvalue weighted by Gasteiger charge is -2.31. The van der Waals surface area contributed by atoms with Crippen LogP contribution in [0, 0.1) is 11.3 Å². The highest BCUT2D eigenvalue weighted by Gasteiger charge is 2.36. The molecule has 0 bridgehead atoms.